The maximum absolute atomic E-state index is 5.85. The van der Waals surface area contributed by atoms with Gasteiger partial charge in [0.1, 0.15) is 5.82 Å². The van der Waals surface area contributed by atoms with E-state index in [2.05, 4.69) is 34.0 Å². The highest BCUT2D eigenvalue weighted by Gasteiger charge is 2.24. The summed E-state index contributed by atoms with van der Waals surface area (Å²) < 4.78 is 7.65. The van der Waals surface area contributed by atoms with Crippen LogP contribution in [0.5, 0.6) is 0 Å². The fourth-order valence-electron chi connectivity index (χ4n) is 3.58. The van der Waals surface area contributed by atoms with Crippen LogP contribution in [0, 0.1) is 5.92 Å². The van der Waals surface area contributed by atoms with Gasteiger partial charge in [0.25, 0.3) is 0 Å². The zero-order valence-corrected chi connectivity index (χ0v) is 16.0. The van der Waals surface area contributed by atoms with Crippen molar-refractivity contribution in [3.63, 3.8) is 0 Å². The van der Waals surface area contributed by atoms with E-state index in [1.54, 1.807) is 17.1 Å². The number of anilines is 1. The van der Waals surface area contributed by atoms with Gasteiger partial charge in [-0.2, -0.15) is 5.10 Å². The largest absolute Gasteiger partial charge is 0.379 e. The van der Waals surface area contributed by atoms with Crippen molar-refractivity contribution in [3.05, 3.63) is 30.7 Å². The Kier molecular flexibility index (Phi) is 5.00. The van der Waals surface area contributed by atoms with Gasteiger partial charge in [-0.1, -0.05) is 0 Å². The van der Waals surface area contributed by atoms with Crippen LogP contribution in [0.15, 0.2) is 30.7 Å². The maximum Gasteiger partial charge on any atom is 0.164 e. The zero-order valence-electron chi connectivity index (χ0n) is 16.0. The number of aromatic nitrogens is 5. The molecule has 3 aromatic rings. The SMILES string of the molecule is CN(C)C[C@@H]1COCCN(c2nc(-c3ccncc3)nc3c2cnn3C)C1. The molecule has 27 heavy (non-hydrogen) atoms. The van der Waals surface area contributed by atoms with Crippen LogP contribution in [0.3, 0.4) is 0 Å². The second kappa shape index (κ2) is 7.58. The van der Waals surface area contributed by atoms with Gasteiger partial charge in [-0.25, -0.2) is 9.97 Å². The molecule has 0 aliphatic carbocycles. The molecule has 8 nitrogen and oxygen atoms in total. The third-order valence-electron chi connectivity index (χ3n) is 4.77. The second-order valence-corrected chi connectivity index (χ2v) is 7.26. The zero-order chi connectivity index (χ0) is 18.8. The molecule has 0 aromatic carbocycles. The van der Waals surface area contributed by atoms with E-state index >= 15 is 0 Å². The minimum Gasteiger partial charge on any atom is -0.379 e. The number of hydrogen-bond donors (Lipinski definition) is 0. The third-order valence-corrected chi connectivity index (χ3v) is 4.77. The smallest absolute Gasteiger partial charge is 0.164 e. The van der Waals surface area contributed by atoms with Gasteiger partial charge in [0.2, 0.25) is 0 Å². The Morgan fingerprint density at radius 1 is 1.22 bits per heavy atom. The first-order valence-corrected chi connectivity index (χ1v) is 9.19. The lowest BCUT2D eigenvalue weighted by Crippen LogP contribution is -2.35. The van der Waals surface area contributed by atoms with Crippen LogP contribution in [-0.2, 0) is 11.8 Å². The van der Waals surface area contributed by atoms with Crippen molar-refractivity contribution in [1.82, 2.24) is 29.6 Å². The predicted octanol–water partition coefficient (Wildman–Crippen LogP) is 1.44. The highest BCUT2D eigenvalue weighted by atomic mass is 16.5. The van der Waals surface area contributed by atoms with Gasteiger partial charge in [0.05, 0.1) is 24.8 Å². The van der Waals surface area contributed by atoms with Crippen LogP contribution in [0.2, 0.25) is 0 Å². The van der Waals surface area contributed by atoms with Gasteiger partial charge in [0.15, 0.2) is 11.5 Å². The molecule has 0 radical (unpaired) electrons. The molecule has 1 atom stereocenters. The summed E-state index contributed by atoms with van der Waals surface area (Å²) in [5.74, 6) is 2.04. The van der Waals surface area contributed by atoms with Crippen LogP contribution in [0.1, 0.15) is 0 Å². The van der Waals surface area contributed by atoms with E-state index in [1.165, 1.54) is 0 Å². The Labute approximate surface area is 158 Å². The number of pyridine rings is 1. The predicted molar refractivity (Wildman–Crippen MR) is 105 cm³/mol. The molecule has 0 amide bonds. The van der Waals surface area contributed by atoms with Crippen molar-refractivity contribution < 1.29 is 4.74 Å². The molecule has 0 unspecified atom stereocenters. The fourth-order valence-corrected chi connectivity index (χ4v) is 3.58. The Hall–Kier alpha value is -2.58. The molecule has 1 aliphatic heterocycles. The lowest BCUT2D eigenvalue weighted by molar-refractivity contribution is 0.113. The van der Waals surface area contributed by atoms with Gasteiger partial charge < -0.3 is 14.5 Å². The van der Waals surface area contributed by atoms with E-state index in [4.69, 9.17) is 14.7 Å². The molecule has 8 heteroatoms. The summed E-state index contributed by atoms with van der Waals surface area (Å²) in [5.41, 5.74) is 1.78. The standard InChI is InChI=1S/C19H25N7O/c1-24(2)11-14-12-26(8-9-27-13-14)19-16-10-21-25(3)18(16)22-17(23-19)15-4-6-20-7-5-15/h4-7,10,14H,8-9,11-13H2,1-3H3/t14-/m0/s1. The second-order valence-electron chi connectivity index (χ2n) is 7.26. The number of hydrogen-bond acceptors (Lipinski definition) is 7. The third kappa shape index (κ3) is 3.77. The Morgan fingerprint density at radius 2 is 2.04 bits per heavy atom. The first kappa shape index (κ1) is 17.8. The number of ether oxygens (including phenoxy) is 1. The molecule has 0 N–H and O–H groups in total. The Bertz CT molecular complexity index is 909. The van der Waals surface area contributed by atoms with Gasteiger partial charge in [-0.3, -0.25) is 9.67 Å². The molecule has 3 aromatic heterocycles. The van der Waals surface area contributed by atoms with Crippen LogP contribution in [0.25, 0.3) is 22.4 Å². The average Bonchev–Trinajstić information content (AvgIpc) is 2.89. The summed E-state index contributed by atoms with van der Waals surface area (Å²) in [5, 5.41) is 5.39. The first-order chi connectivity index (χ1) is 13.1. The molecule has 1 aliphatic rings. The molecule has 1 fully saturated rings. The molecule has 4 rings (SSSR count). The molecular formula is C19H25N7O. The van der Waals surface area contributed by atoms with Crippen LogP contribution in [0.4, 0.5) is 5.82 Å². The first-order valence-electron chi connectivity index (χ1n) is 9.19. The summed E-state index contributed by atoms with van der Waals surface area (Å²) >= 11 is 0. The van der Waals surface area contributed by atoms with Crippen molar-refractivity contribution in [2.75, 3.05) is 51.8 Å². The highest BCUT2D eigenvalue weighted by Crippen LogP contribution is 2.28. The van der Waals surface area contributed by atoms with Crippen molar-refractivity contribution in [3.8, 4) is 11.4 Å². The number of rotatable bonds is 4. The van der Waals surface area contributed by atoms with Gasteiger partial charge in [-0.05, 0) is 26.2 Å². The minimum absolute atomic E-state index is 0.425. The lowest BCUT2D eigenvalue weighted by Gasteiger charge is -2.26. The van der Waals surface area contributed by atoms with Crippen LogP contribution < -0.4 is 4.90 Å². The summed E-state index contributed by atoms with van der Waals surface area (Å²) in [4.78, 5) is 18.3. The van der Waals surface area contributed by atoms with E-state index in [0.717, 1.165) is 48.7 Å². The van der Waals surface area contributed by atoms with Crippen molar-refractivity contribution in [1.29, 1.82) is 0 Å². The summed E-state index contributed by atoms with van der Waals surface area (Å²) in [6.45, 7) is 4.15. The van der Waals surface area contributed by atoms with E-state index in [1.807, 2.05) is 25.4 Å². The van der Waals surface area contributed by atoms with E-state index < -0.39 is 0 Å². The van der Waals surface area contributed by atoms with Crippen molar-refractivity contribution in [2.24, 2.45) is 13.0 Å². The molecule has 0 saturated carbocycles. The summed E-state index contributed by atoms with van der Waals surface area (Å²) in [6, 6.07) is 3.86. The quantitative estimate of drug-likeness (QED) is 0.691. The van der Waals surface area contributed by atoms with Gasteiger partial charge >= 0.3 is 0 Å². The number of aryl methyl sites for hydroxylation is 1. The molecule has 1 saturated heterocycles. The van der Waals surface area contributed by atoms with Crippen LogP contribution in [-0.4, -0.2) is 76.6 Å². The molecule has 0 spiro atoms. The number of nitrogens with zero attached hydrogens (tertiary/aromatic N) is 7. The minimum atomic E-state index is 0.425. The van der Waals surface area contributed by atoms with E-state index in [9.17, 15) is 0 Å². The summed E-state index contributed by atoms with van der Waals surface area (Å²) in [7, 11) is 6.11. The topological polar surface area (TPSA) is 72.2 Å². The molecule has 0 bridgehead atoms. The van der Waals surface area contributed by atoms with E-state index in [0.29, 0.717) is 18.3 Å². The average molecular weight is 367 g/mol. The molecule has 4 heterocycles. The Morgan fingerprint density at radius 3 is 2.81 bits per heavy atom. The normalized spacial score (nSPS) is 18.2. The fraction of sp³-hybridized carbons (Fsp3) is 0.474. The Balaban J connectivity index is 1.77. The molecular weight excluding hydrogens is 342 g/mol. The van der Waals surface area contributed by atoms with Crippen molar-refractivity contribution in [2.45, 2.75) is 0 Å². The van der Waals surface area contributed by atoms with Gasteiger partial charge in [-0.15, -0.1) is 0 Å². The number of fused-ring (bicyclic) bond motifs is 1. The monoisotopic (exact) mass is 367 g/mol. The summed E-state index contributed by atoms with van der Waals surface area (Å²) in [6.07, 6.45) is 5.38. The lowest BCUT2D eigenvalue weighted by atomic mass is 10.1. The molecule has 142 valence electrons. The highest BCUT2D eigenvalue weighted by molar-refractivity contribution is 5.88. The van der Waals surface area contributed by atoms with Crippen molar-refractivity contribution >= 4 is 16.9 Å². The van der Waals surface area contributed by atoms with E-state index in [-0.39, 0.29) is 0 Å². The maximum atomic E-state index is 5.85. The van der Waals surface area contributed by atoms with Gasteiger partial charge in [0, 0.05) is 50.6 Å². The van der Waals surface area contributed by atoms with Crippen LogP contribution >= 0.6 is 0 Å².